The summed E-state index contributed by atoms with van der Waals surface area (Å²) < 4.78 is 5.46. The van der Waals surface area contributed by atoms with Crippen molar-refractivity contribution < 1.29 is 14.3 Å². The van der Waals surface area contributed by atoms with E-state index in [0.29, 0.717) is 19.7 Å². The van der Waals surface area contributed by atoms with Crippen molar-refractivity contribution in [2.45, 2.75) is 38.8 Å². The molecule has 0 bridgehead atoms. The SMILES string of the molecule is CN(C)C(=O)[C@H]1CN(C(=O)NCc2cc(C(C)(C)C)n[nH]2)CCO1. The zero-order valence-electron chi connectivity index (χ0n) is 15.0. The van der Waals surface area contributed by atoms with Gasteiger partial charge in [0, 0.05) is 26.1 Å². The molecule has 0 aliphatic carbocycles. The lowest BCUT2D eigenvalue weighted by Crippen LogP contribution is -2.53. The van der Waals surface area contributed by atoms with Crippen LogP contribution in [0.15, 0.2) is 6.07 Å². The van der Waals surface area contributed by atoms with Gasteiger partial charge in [-0.3, -0.25) is 9.89 Å². The molecule has 2 heterocycles. The van der Waals surface area contributed by atoms with E-state index in [1.54, 1.807) is 19.0 Å². The van der Waals surface area contributed by atoms with Crippen LogP contribution in [-0.2, 0) is 21.5 Å². The van der Waals surface area contributed by atoms with E-state index in [9.17, 15) is 9.59 Å². The molecule has 0 unspecified atom stereocenters. The number of nitrogens with one attached hydrogen (secondary N) is 2. The number of aromatic nitrogens is 2. The molecule has 2 N–H and O–H groups in total. The summed E-state index contributed by atoms with van der Waals surface area (Å²) in [5.74, 6) is -0.129. The third-order valence-electron chi connectivity index (χ3n) is 3.90. The van der Waals surface area contributed by atoms with Gasteiger partial charge in [0.25, 0.3) is 5.91 Å². The van der Waals surface area contributed by atoms with Gasteiger partial charge >= 0.3 is 6.03 Å². The van der Waals surface area contributed by atoms with Crippen LogP contribution >= 0.6 is 0 Å². The van der Waals surface area contributed by atoms with Crippen molar-refractivity contribution in [3.8, 4) is 0 Å². The molecule has 8 heteroatoms. The van der Waals surface area contributed by atoms with Crippen molar-refractivity contribution in [1.82, 2.24) is 25.3 Å². The predicted octanol–water partition coefficient (Wildman–Crippen LogP) is 0.706. The molecule has 24 heavy (non-hydrogen) atoms. The third kappa shape index (κ3) is 4.47. The number of hydrogen-bond acceptors (Lipinski definition) is 4. The first-order valence-electron chi connectivity index (χ1n) is 8.09. The first kappa shape index (κ1) is 18.3. The summed E-state index contributed by atoms with van der Waals surface area (Å²) in [4.78, 5) is 27.4. The number of likely N-dealkylation sites (N-methyl/N-ethyl adjacent to an activating group) is 1. The first-order valence-corrected chi connectivity index (χ1v) is 8.09. The molecular formula is C16H27N5O3. The Bertz CT molecular complexity index is 591. The van der Waals surface area contributed by atoms with Crippen molar-refractivity contribution >= 4 is 11.9 Å². The summed E-state index contributed by atoms with van der Waals surface area (Å²) in [6, 6.07) is 1.75. The monoisotopic (exact) mass is 337 g/mol. The van der Waals surface area contributed by atoms with Crippen LogP contribution in [0, 0.1) is 0 Å². The summed E-state index contributed by atoms with van der Waals surface area (Å²) in [7, 11) is 3.35. The number of carbonyl (C=O) groups is 2. The van der Waals surface area contributed by atoms with Gasteiger partial charge in [-0.25, -0.2) is 4.79 Å². The van der Waals surface area contributed by atoms with E-state index < -0.39 is 6.10 Å². The summed E-state index contributed by atoms with van der Waals surface area (Å²) in [5.41, 5.74) is 1.76. The van der Waals surface area contributed by atoms with E-state index in [2.05, 4.69) is 36.3 Å². The van der Waals surface area contributed by atoms with E-state index in [1.807, 2.05) is 6.07 Å². The van der Waals surface area contributed by atoms with Gasteiger partial charge in [-0.15, -0.1) is 0 Å². The summed E-state index contributed by atoms with van der Waals surface area (Å²) in [5, 5.41) is 10.1. The molecule has 0 spiro atoms. The highest BCUT2D eigenvalue weighted by Gasteiger charge is 2.30. The van der Waals surface area contributed by atoms with E-state index in [-0.39, 0.29) is 23.9 Å². The van der Waals surface area contributed by atoms with Gasteiger partial charge in [0.05, 0.1) is 31.1 Å². The largest absolute Gasteiger partial charge is 0.365 e. The van der Waals surface area contributed by atoms with Gasteiger partial charge in [0.15, 0.2) is 6.10 Å². The van der Waals surface area contributed by atoms with E-state index in [0.717, 1.165) is 11.4 Å². The summed E-state index contributed by atoms with van der Waals surface area (Å²) in [6.45, 7) is 7.71. The second kappa shape index (κ2) is 7.21. The molecule has 134 valence electrons. The molecule has 8 nitrogen and oxygen atoms in total. The molecule has 1 aromatic rings. The Morgan fingerprint density at radius 2 is 2.17 bits per heavy atom. The van der Waals surface area contributed by atoms with Crippen molar-refractivity contribution in [2.24, 2.45) is 0 Å². The van der Waals surface area contributed by atoms with E-state index >= 15 is 0 Å². The molecule has 1 fully saturated rings. The molecule has 0 saturated carbocycles. The highest BCUT2D eigenvalue weighted by molar-refractivity contribution is 5.82. The Hall–Kier alpha value is -2.09. The third-order valence-corrected chi connectivity index (χ3v) is 3.90. The van der Waals surface area contributed by atoms with Gasteiger partial charge in [0.1, 0.15) is 0 Å². The van der Waals surface area contributed by atoms with Gasteiger partial charge in [0.2, 0.25) is 0 Å². The average molecular weight is 337 g/mol. The van der Waals surface area contributed by atoms with Crippen LogP contribution in [0.4, 0.5) is 4.79 Å². The molecule has 1 aromatic heterocycles. The van der Waals surface area contributed by atoms with E-state index in [1.165, 1.54) is 4.90 Å². The molecule has 1 atom stereocenters. The summed E-state index contributed by atoms with van der Waals surface area (Å²) >= 11 is 0. The molecule has 1 aliphatic rings. The van der Waals surface area contributed by atoms with E-state index in [4.69, 9.17) is 4.74 Å². The van der Waals surface area contributed by atoms with Gasteiger partial charge in [-0.05, 0) is 6.07 Å². The maximum absolute atomic E-state index is 12.3. The molecule has 0 radical (unpaired) electrons. The topological polar surface area (TPSA) is 90.6 Å². The molecular weight excluding hydrogens is 310 g/mol. The van der Waals surface area contributed by atoms with Crippen LogP contribution in [0.3, 0.4) is 0 Å². The maximum Gasteiger partial charge on any atom is 0.317 e. The average Bonchev–Trinajstić information content (AvgIpc) is 3.01. The highest BCUT2D eigenvalue weighted by Crippen LogP contribution is 2.20. The van der Waals surface area contributed by atoms with Crippen LogP contribution in [0.5, 0.6) is 0 Å². The van der Waals surface area contributed by atoms with Crippen molar-refractivity contribution in [1.29, 1.82) is 0 Å². The highest BCUT2D eigenvalue weighted by atomic mass is 16.5. The van der Waals surface area contributed by atoms with Crippen LogP contribution in [-0.4, -0.2) is 71.8 Å². The molecule has 1 aliphatic heterocycles. The van der Waals surface area contributed by atoms with Crippen molar-refractivity contribution in [3.05, 3.63) is 17.5 Å². The summed E-state index contributed by atoms with van der Waals surface area (Å²) in [6.07, 6.45) is -0.598. The quantitative estimate of drug-likeness (QED) is 0.850. The number of urea groups is 1. The number of nitrogens with zero attached hydrogens (tertiary/aromatic N) is 3. The second-order valence-corrected chi connectivity index (χ2v) is 7.23. The number of aromatic amines is 1. The van der Waals surface area contributed by atoms with Crippen LogP contribution in [0.2, 0.25) is 0 Å². The normalized spacial score (nSPS) is 18.4. The Morgan fingerprint density at radius 1 is 1.46 bits per heavy atom. The van der Waals surface area contributed by atoms with Gasteiger partial charge < -0.3 is 19.9 Å². The fourth-order valence-electron chi connectivity index (χ4n) is 2.39. The molecule has 2 rings (SSSR count). The fraction of sp³-hybridized carbons (Fsp3) is 0.688. The number of carbonyl (C=O) groups excluding carboxylic acids is 2. The maximum atomic E-state index is 12.3. The molecule has 3 amide bonds. The van der Waals surface area contributed by atoms with Crippen molar-refractivity contribution in [2.75, 3.05) is 33.8 Å². The minimum absolute atomic E-state index is 0.0390. The Kier molecular flexibility index (Phi) is 5.48. The Balaban J connectivity index is 1.88. The van der Waals surface area contributed by atoms with Gasteiger partial charge in [-0.2, -0.15) is 5.10 Å². The lowest BCUT2D eigenvalue weighted by Gasteiger charge is -2.33. The molecule has 0 aromatic carbocycles. The predicted molar refractivity (Wildman–Crippen MR) is 89.5 cm³/mol. The van der Waals surface area contributed by atoms with Crippen molar-refractivity contribution in [3.63, 3.8) is 0 Å². The standard InChI is InChI=1S/C16H27N5O3/c1-16(2,3)13-8-11(18-19-13)9-17-15(23)21-6-7-24-12(10-21)14(22)20(4)5/h8,12H,6-7,9-10H2,1-5H3,(H,17,23)(H,18,19)/t12-/m1/s1. The smallest absolute Gasteiger partial charge is 0.317 e. The number of amides is 3. The fourth-order valence-corrected chi connectivity index (χ4v) is 2.39. The number of ether oxygens (including phenoxy) is 1. The minimum atomic E-state index is -0.598. The minimum Gasteiger partial charge on any atom is -0.365 e. The number of hydrogen-bond donors (Lipinski definition) is 2. The zero-order valence-corrected chi connectivity index (χ0v) is 15.0. The van der Waals surface area contributed by atoms with Crippen LogP contribution in [0.1, 0.15) is 32.2 Å². The van der Waals surface area contributed by atoms with Gasteiger partial charge in [-0.1, -0.05) is 20.8 Å². The number of morpholine rings is 1. The second-order valence-electron chi connectivity index (χ2n) is 7.23. The number of H-pyrrole nitrogens is 1. The molecule has 1 saturated heterocycles. The van der Waals surface area contributed by atoms with Crippen LogP contribution < -0.4 is 5.32 Å². The Labute approximate surface area is 142 Å². The van der Waals surface area contributed by atoms with Crippen LogP contribution in [0.25, 0.3) is 0 Å². The first-order chi connectivity index (χ1) is 11.2. The number of rotatable bonds is 3. The lowest BCUT2D eigenvalue weighted by molar-refractivity contribution is -0.145. The lowest BCUT2D eigenvalue weighted by atomic mass is 9.92. The Morgan fingerprint density at radius 3 is 2.75 bits per heavy atom. The zero-order chi connectivity index (χ0) is 17.9.